The van der Waals surface area contributed by atoms with Gasteiger partial charge in [0.1, 0.15) is 5.82 Å². The standard InChI is InChI=1S/C17H18BrFN2O2S/c1-10-8-21(9-11(2)23-10)14-4-3-12(7-13(14)19)20-17(22)15-5-6-16(18)24-15/h3-7,10-11H,8-9H2,1-2H3,(H,20,22). The van der Waals surface area contributed by atoms with E-state index in [0.29, 0.717) is 29.3 Å². The van der Waals surface area contributed by atoms with Crippen LogP contribution in [0.3, 0.4) is 0 Å². The molecule has 0 bridgehead atoms. The first kappa shape index (κ1) is 17.4. The van der Waals surface area contributed by atoms with Crippen LogP contribution in [0.4, 0.5) is 15.8 Å². The van der Waals surface area contributed by atoms with Crippen LogP contribution in [0.1, 0.15) is 23.5 Å². The van der Waals surface area contributed by atoms with E-state index in [9.17, 15) is 9.18 Å². The average Bonchev–Trinajstić information content (AvgIpc) is 2.93. The predicted octanol–water partition coefficient (Wildman–Crippen LogP) is 4.52. The van der Waals surface area contributed by atoms with Crippen LogP contribution in [-0.2, 0) is 4.74 Å². The van der Waals surface area contributed by atoms with Gasteiger partial charge in [0, 0.05) is 18.8 Å². The molecule has 2 aromatic rings. The first-order valence-corrected chi connectivity index (χ1v) is 9.30. The van der Waals surface area contributed by atoms with Crippen molar-refractivity contribution in [3.05, 3.63) is 44.8 Å². The van der Waals surface area contributed by atoms with E-state index in [0.717, 1.165) is 3.79 Å². The zero-order valence-corrected chi connectivity index (χ0v) is 15.8. The smallest absolute Gasteiger partial charge is 0.265 e. The number of morpholine rings is 1. The van der Waals surface area contributed by atoms with Gasteiger partial charge in [0.2, 0.25) is 0 Å². The summed E-state index contributed by atoms with van der Waals surface area (Å²) in [4.78, 5) is 14.7. The molecule has 1 amide bonds. The van der Waals surface area contributed by atoms with Crippen molar-refractivity contribution in [2.45, 2.75) is 26.1 Å². The Morgan fingerprint density at radius 3 is 2.58 bits per heavy atom. The van der Waals surface area contributed by atoms with Gasteiger partial charge < -0.3 is 15.0 Å². The topological polar surface area (TPSA) is 41.6 Å². The molecule has 2 atom stereocenters. The minimum atomic E-state index is -0.346. The Bertz CT molecular complexity index is 742. The number of nitrogens with one attached hydrogen (secondary N) is 1. The van der Waals surface area contributed by atoms with E-state index in [2.05, 4.69) is 21.2 Å². The molecule has 1 N–H and O–H groups in total. The molecule has 2 heterocycles. The maximum Gasteiger partial charge on any atom is 0.265 e. The molecule has 0 spiro atoms. The van der Waals surface area contributed by atoms with Crippen molar-refractivity contribution in [3.63, 3.8) is 0 Å². The van der Waals surface area contributed by atoms with Crippen LogP contribution in [-0.4, -0.2) is 31.2 Å². The Balaban J connectivity index is 1.74. The van der Waals surface area contributed by atoms with E-state index in [1.54, 1.807) is 18.2 Å². The number of hydrogen-bond donors (Lipinski definition) is 1. The number of rotatable bonds is 3. The molecule has 1 fully saturated rings. The minimum Gasteiger partial charge on any atom is -0.372 e. The summed E-state index contributed by atoms with van der Waals surface area (Å²) in [6.45, 7) is 5.26. The highest BCUT2D eigenvalue weighted by Crippen LogP contribution is 2.27. The molecule has 3 rings (SSSR count). The minimum absolute atomic E-state index is 0.0600. The van der Waals surface area contributed by atoms with Crippen LogP contribution in [0, 0.1) is 5.82 Å². The quantitative estimate of drug-likeness (QED) is 0.805. The van der Waals surface area contributed by atoms with Crippen LogP contribution in [0.15, 0.2) is 34.1 Å². The largest absolute Gasteiger partial charge is 0.372 e. The second kappa shape index (κ2) is 7.21. The number of thiophene rings is 1. The van der Waals surface area contributed by atoms with Gasteiger partial charge in [-0.15, -0.1) is 11.3 Å². The first-order valence-electron chi connectivity index (χ1n) is 7.69. The molecule has 0 radical (unpaired) electrons. The maximum absolute atomic E-state index is 14.5. The van der Waals surface area contributed by atoms with Crippen LogP contribution < -0.4 is 10.2 Å². The second-order valence-corrected chi connectivity index (χ2v) is 8.35. The Hall–Kier alpha value is -1.44. The number of halogens is 2. The summed E-state index contributed by atoms with van der Waals surface area (Å²) in [5.74, 6) is -0.590. The summed E-state index contributed by atoms with van der Waals surface area (Å²) >= 11 is 4.66. The highest BCUT2D eigenvalue weighted by atomic mass is 79.9. The van der Waals surface area contributed by atoms with Crippen molar-refractivity contribution in [1.82, 2.24) is 0 Å². The molecule has 1 aliphatic rings. The van der Waals surface area contributed by atoms with Gasteiger partial charge in [0.25, 0.3) is 5.91 Å². The molecule has 1 aliphatic heterocycles. The Morgan fingerprint density at radius 2 is 2.00 bits per heavy atom. The summed E-state index contributed by atoms with van der Waals surface area (Å²) < 4.78 is 21.1. The number of nitrogens with zero attached hydrogens (tertiary/aromatic N) is 1. The Labute approximate surface area is 152 Å². The lowest BCUT2D eigenvalue weighted by molar-refractivity contribution is -0.00539. The monoisotopic (exact) mass is 412 g/mol. The lowest BCUT2D eigenvalue weighted by Crippen LogP contribution is -2.45. The molecule has 2 unspecified atom stereocenters. The molecule has 0 saturated carbocycles. The third-order valence-corrected chi connectivity index (χ3v) is 5.39. The number of anilines is 2. The van der Waals surface area contributed by atoms with Crippen LogP contribution in [0.2, 0.25) is 0 Å². The van der Waals surface area contributed by atoms with Crippen molar-refractivity contribution in [2.24, 2.45) is 0 Å². The lowest BCUT2D eigenvalue weighted by atomic mass is 10.2. The molecular weight excluding hydrogens is 395 g/mol. The van der Waals surface area contributed by atoms with E-state index in [1.807, 2.05) is 24.8 Å². The third kappa shape index (κ3) is 3.96. The van der Waals surface area contributed by atoms with Crippen molar-refractivity contribution >= 4 is 44.5 Å². The van der Waals surface area contributed by atoms with E-state index in [-0.39, 0.29) is 23.9 Å². The van der Waals surface area contributed by atoms with Gasteiger partial charge in [-0.05, 0) is 60.1 Å². The summed E-state index contributed by atoms with van der Waals surface area (Å²) in [5.41, 5.74) is 0.981. The summed E-state index contributed by atoms with van der Waals surface area (Å²) in [5, 5.41) is 2.73. The van der Waals surface area contributed by atoms with Crippen molar-refractivity contribution in [2.75, 3.05) is 23.3 Å². The van der Waals surface area contributed by atoms with Crippen LogP contribution in [0.25, 0.3) is 0 Å². The molecule has 24 heavy (non-hydrogen) atoms. The normalized spacial score (nSPS) is 20.9. The molecule has 0 aliphatic carbocycles. The van der Waals surface area contributed by atoms with E-state index < -0.39 is 0 Å². The fourth-order valence-corrected chi connectivity index (χ4v) is 4.13. The Morgan fingerprint density at radius 1 is 1.29 bits per heavy atom. The number of amides is 1. The fourth-order valence-electron chi connectivity index (χ4n) is 2.84. The highest BCUT2D eigenvalue weighted by Gasteiger charge is 2.24. The molecule has 4 nitrogen and oxygen atoms in total. The molecule has 7 heteroatoms. The molecule has 1 aromatic heterocycles. The number of hydrogen-bond acceptors (Lipinski definition) is 4. The lowest BCUT2D eigenvalue weighted by Gasteiger charge is -2.37. The maximum atomic E-state index is 14.5. The summed E-state index contributed by atoms with van der Waals surface area (Å²) in [7, 11) is 0. The van der Waals surface area contributed by atoms with E-state index in [4.69, 9.17) is 4.74 Å². The average molecular weight is 413 g/mol. The molecule has 128 valence electrons. The summed E-state index contributed by atoms with van der Waals surface area (Å²) in [6.07, 6.45) is 0.120. The molecule has 1 saturated heterocycles. The second-order valence-electron chi connectivity index (χ2n) is 5.89. The summed E-state index contributed by atoms with van der Waals surface area (Å²) in [6, 6.07) is 8.33. The van der Waals surface area contributed by atoms with Gasteiger partial charge in [-0.2, -0.15) is 0 Å². The van der Waals surface area contributed by atoms with Crippen molar-refractivity contribution in [3.8, 4) is 0 Å². The highest BCUT2D eigenvalue weighted by molar-refractivity contribution is 9.11. The first-order chi connectivity index (χ1) is 11.4. The fraction of sp³-hybridized carbons (Fsp3) is 0.353. The zero-order chi connectivity index (χ0) is 17.3. The predicted molar refractivity (Wildman–Crippen MR) is 98.6 cm³/mol. The number of ether oxygens (including phenoxy) is 1. The molecule has 1 aromatic carbocycles. The van der Waals surface area contributed by atoms with Gasteiger partial charge in [-0.3, -0.25) is 4.79 Å². The number of carbonyl (C=O) groups is 1. The van der Waals surface area contributed by atoms with Crippen molar-refractivity contribution in [1.29, 1.82) is 0 Å². The van der Waals surface area contributed by atoms with Crippen LogP contribution >= 0.6 is 27.3 Å². The van der Waals surface area contributed by atoms with Gasteiger partial charge in [0.15, 0.2) is 0 Å². The van der Waals surface area contributed by atoms with Gasteiger partial charge in [-0.25, -0.2) is 4.39 Å². The van der Waals surface area contributed by atoms with E-state index in [1.165, 1.54) is 17.4 Å². The third-order valence-electron chi connectivity index (χ3n) is 3.76. The SMILES string of the molecule is CC1CN(c2ccc(NC(=O)c3ccc(Br)s3)cc2F)CC(C)O1. The van der Waals surface area contributed by atoms with Gasteiger partial charge in [0.05, 0.1) is 26.6 Å². The Kier molecular flexibility index (Phi) is 5.22. The van der Waals surface area contributed by atoms with Crippen LogP contribution in [0.5, 0.6) is 0 Å². The van der Waals surface area contributed by atoms with E-state index >= 15 is 0 Å². The van der Waals surface area contributed by atoms with Gasteiger partial charge >= 0.3 is 0 Å². The van der Waals surface area contributed by atoms with Crippen molar-refractivity contribution < 1.29 is 13.9 Å². The van der Waals surface area contributed by atoms with Gasteiger partial charge in [-0.1, -0.05) is 0 Å². The number of carbonyl (C=O) groups excluding carboxylic acids is 1. The molecular formula is C17H18BrFN2O2S. The number of benzene rings is 1. The zero-order valence-electron chi connectivity index (χ0n) is 13.4.